The molecule has 0 bridgehead atoms. The Kier molecular flexibility index (Phi) is 6.68. The zero-order chi connectivity index (χ0) is 18.6. The molecule has 0 spiro atoms. The van der Waals surface area contributed by atoms with Crippen molar-refractivity contribution in [1.82, 2.24) is 4.98 Å². The Hall–Kier alpha value is -1.78. The molecule has 3 nitrogen and oxygen atoms in total. The second-order valence-corrected chi connectivity index (χ2v) is 7.02. The van der Waals surface area contributed by atoms with Crippen molar-refractivity contribution in [3.63, 3.8) is 0 Å². The molecule has 0 aliphatic rings. The third-order valence-corrected chi connectivity index (χ3v) is 4.43. The van der Waals surface area contributed by atoms with Crippen molar-refractivity contribution in [3.8, 4) is 11.1 Å². The van der Waals surface area contributed by atoms with Gasteiger partial charge in [-0.25, -0.2) is 4.39 Å². The van der Waals surface area contributed by atoms with Gasteiger partial charge in [-0.05, 0) is 53.5 Å². The quantitative estimate of drug-likeness (QED) is 0.774. The van der Waals surface area contributed by atoms with Crippen LogP contribution in [0, 0.1) is 5.82 Å². The molecule has 0 radical (unpaired) electrons. The van der Waals surface area contributed by atoms with E-state index in [0.29, 0.717) is 12.8 Å². The van der Waals surface area contributed by atoms with Crippen LogP contribution in [-0.4, -0.2) is 21.8 Å². The lowest BCUT2D eigenvalue weighted by Gasteiger charge is -2.24. The summed E-state index contributed by atoms with van der Waals surface area (Å²) in [6.45, 7) is 8.31. The summed E-state index contributed by atoms with van der Waals surface area (Å²) in [6.07, 6.45) is 1.30. The molecule has 0 fully saturated rings. The molecule has 25 heavy (non-hydrogen) atoms. The fourth-order valence-electron chi connectivity index (χ4n) is 3.29. The van der Waals surface area contributed by atoms with Crippen molar-refractivity contribution < 1.29 is 14.6 Å². The average molecular weight is 345 g/mol. The van der Waals surface area contributed by atoms with Crippen molar-refractivity contribution in [2.45, 2.75) is 59.0 Å². The molecule has 0 atom stereocenters. The standard InChI is InChI=1S/C21H28FNO2/c1-13(2)20-17(6-5-11-24)19(15-7-9-16(22)10-8-15)18(12-25)21(23-20)14(3)4/h7-10,13-14,24-25H,5-6,11-12H2,1-4H3. The summed E-state index contributed by atoms with van der Waals surface area (Å²) in [5.41, 5.74) is 5.55. The minimum Gasteiger partial charge on any atom is -0.396 e. The Morgan fingerprint density at radius 2 is 1.48 bits per heavy atom. The molecule has 1 aromatic carbocycles. The summed E-state index contributed by atoms with van der Waals surface area (Å²) in [6, 6.07) is 6.38. The first-order chi connectivity index (χ1) is 11.9. The summed E-state index contributed by atoms with van der Waals surface area (Å²) >= 11 is 0. The summed E-state index contributed by atoms with van der Waals surface area (Å²) in [4.78, 5) is 4.88. The van der Waals surface area contributed by atoms with Gasteiger partial charge in [-0.2, -0.15) is 0 Å². The Morgan fingerprint density at radius 1 is 0.920 bits per heavy atom. The highest BCUT2D eigenvalue weighted by molar-refractivity contribution is 5.73. The highest BCUT2D eigenvalue weighted by atomic mass is 19.1. The molecule has 2 N–H and O–H groups in total. The Morgan fingerprint density at radius 3 is 1.96 bits per heavy atom. The molecule has 0 saturated carbocycles. The molecule has 2 aromatic rings. The number of hydrogen-bond donors (Lipinski definition) is 2. The lowest BCUT2D eigenvalue weighted by molar-refractivity contribution is 0.279. The van der Waals surface area contributed by atoms with Gasteiger partial charge in [-0.15, -0.1) is 0 Å². The lowest BCUT2D eigenvalue weighted by Crippen LogP contribution is -2.12. The first kappa shape index (κ1) is 19.5. The maximum atomic E-state index is 13.4. The van der Waals surface area contributed by atoms with Gasteiger partial charge in [0.15, 0.2) is 0 Å². The molecule has 2 rings (SSSR count). The molecule has 4 heteroatoms. The van der Waals surface area contributed by atoms with Gasteiger partial charge in [-0.3, -0.25) is 4.98 Å². The summed E-state index contributed by atoms with van der Waals surface area (Å²) < 4.78 is 13.4. The number of aliphatic hydroxyl groups excluding tert-OH is 2. The first-order valence-corrected chi connectivity index (χ1v) is 8.93. The van der Waals surface area contributed by atoms with Crippen molar-refractivity contribution in [2.24, 2.45) is 0 Å². The Bertz CT molecular complexity index is 709. The summed E-state index contributed by atoms with van der Waals surface area (Å²) in [5, 5.41) is 19.4. The van der Waals surface area contributed by atoms with Gasteiger partial charge in [0.2, 0.25) is 0 Å². The normalized spacial score (nSPS) is 11.6. The summed E-state index contributed by atoms with van der Waals surface area (Å²) in [5.74, 6) is 0.109. The van der Waals surface area contributed by atoms with Crippen LogP contribution in [0.2, 0.25) is 0 Å². The lowest BCUT2D eigenvalue weighted by atomic mass is 9.85. The minimum absolute atomic E-state index is 0.0980. The van der Waals surface area contributed by atoms with Gasteiger partial charge in [0.05, 0.1) is 6.61 Å². The number of nitrogens with zero attached hydrogens (tertiary/aromatic N) is 1. The van der Waals surface area contributed by atoms with Gasteiger partial charge in [0, 0.05) is 23.6 Å². The maximum Gasteiger partial charge on any atom is 0.123 e. The third kappa shape index (κ3) is 4.25. The van der Waals surface area contributed by atoms with Crippen LogP contribution < -0.4 is 0 Å². The van der Waals surface area contributed by atoms with E-state index in [1.807, 2.05) is 0 Å². The number of hydrogen-bond acceptors (Lipinski definition) is 3. The monoisotopic (exact) mass is 345 g/mol. The highest BCUT2D eigenvalue weighted by Gasteiger charge is 2.23. The zero-order valence-corrected chi connectivity index (χ0v) is 15.5. The van der Waals surface area contributed by atoms with Gasteiger partial charge in [0.25, 0.3) is 0 Å². The van der Waals surface area contributed by atoms with Crippen LogP contribution in [0.4, 0.5) is 4.39 Å². The Balaban J connectivity index is 2.83. The number of pyridine rings is 1. The van der Waals surface area contributed by atoms with E-state index in [4.69, 9.17) is 4.98 Å². The van der Waals surface area contributed by atoms with E-state index in [-0.39, 0.29) is 30.9 Å². The van der Waals surface area contributed by atoms with Crippen molar-refractivity contribution in [1.29, 1.82) is 0 Å². The van der Waals surface area contributed by atoms with Crippen LogP contribution in [0.1, 0.15) is 68.5 Å². The predicted octanol–water partition coefficient (Wildman–Crippen LogP) is 4.55. The smallest absolute Gasteiger partial charge is 0.123 e. The highest BCUT2D eigenvalue weighted by Crippen LogP contribution is 2.37. The number of aromatic nitrogens is 1. The minimum atomic E-state index is -0.284. The van der Waals surface area contributed by atoms with E-state index in [1.165, 1.54) is 12.1 Å². The SMILES string of the molecule is CC(C)c1nc(C(C)C)c(CCCO)c(-c2ccc(F)cc2)c1CO. The number of benzene rings is 1. The fraction of sp³-hybridized carbons (Fsp3) is 0.476. The van der Waals surface area contributed by atoms with Crippen molar-refractivity contribution in [3.05, 3.63) is 52.6 Å². The molecule has 0 saturated heterocycles. The molecule has 0 aliphatic carbocycles. The molecular formula is C21H28FNO2. The van der Waals surface area contributed by atoms with E-state index >= 15 is 0 Å². The summed E-state index contributed by atoms with van der Waals surface area (Å²) in [7, 11) is 0. The second-order valence-electron chi connectivity index (χ2n) is 7.02. The van der Waals surface area contributed by atoms with Crippen LogP contribution in [0.5, 0.6) is 0 Å². The van der Waals surface area contributed by atoms with Crippen molar-refractivity contribution in [2.75, 3.05) is 6.61 Å². The average Bonchev–Trinajstić information content (AvgIpc) is 2.58. The van der Waals surface area contributed by atoms with Crippen LogP contribution in [-0.2, 0) is 13.0 Å². The number of rotatable bonds is 7. The molecule has 1 aromatic heterocycles. The Labute approximate surface area is 149 Å². The third-order valence-electron chi connectivity index (χ3n) is 4.43. The molecular weight excluding hydrogens is 317 g/mol. The molecule has 1 heterocycles. The zero-order valence-electron chi connectivity index (χ0n) is 15.5. The molecule has 0 unspecified atom stereocenters. The van der Waals surface area contributed by atoms with E-state index in [1.54, 1.807) is 12.1 Å². The van der Waals surface area contributed by atoms with Crippen LogP contribution in [0.25, 0.3) is 11.1 Å². The van der Waals surface area contributed by atoms with Crippen LogP contribution in [0.3, 0.4) is 0 Å². The molecule has 0 aliphatic heterocycles. The number of aliphatic hydroxyl groups is 2. The van der Waals surface area contributed by atoms with Crippen molar-refractivity contribution >= 4 is 0 Å². The van der Waals surface area contributed by atoms with Gasteiger partial charge in [0.1, 0.15) is 5.82 Å². The fourth-order valence-corrected chi connectivity index (χ4v) is 3.29. The largest absolute Gasteiger partial charge is 0.396 e. The van der Waals surface area contributed by atoms with Crippen LogP contribution >= 0.6 is 0 Å². The van der Waals surface area contributed by atoms with E-state index in [2.05, 4.69) is 27.7 Å². The predicted molar refractivity (Wildman–Crippen MR) is 99.1 cm³/mol. The van der Waals surface area contributed by atoms with E-state index in [0.717, 1.165) is 33.6 Å². The maximum absolute atomic E-state index is 13.4. The first-order valence-electron chi connectivity index (χ1n) is 8.93. The second kappa shape index (κ2) is 8.54. The van der Waals surface area contributed by atoms with E-state index < -0.39 is 0 Å². The van der Waals surface area contributed by atoms with E-state index in [9.17, 15) is 14.6 Å². The van der Waals surface area contributed by atoms with Gasteiger partial charge < -0.3 is 10.2 Å². The number of halogens is 1. The van der Waals surface area contributed by atoms with Gasteiger partial charge in [-0.1, -0.05) is 39.8 Å². The van der Waals surface area contributed by atoms with Gasteiger partial charge >= 0.3 is 0 Å². The molecule has 0 amide bonds. The molecule has 136 valence electrons. The topological polar surface area (TPSA) is 53.4 Å². The van der Waals surface area contributed by atoms with Crippen LogP contribution in [0.15, 0.2) is 24.3 Å².